The van der Waals surface area contributed by atoms with Gasteiger partial charge in [-0.05, 0) is 64.6 Å². The zero-order valence-corrected chi connectivity index (χ0v) is 22.7. The van der Waals surface area contributed by atoms with Crippen LogP contribution in [0.4, 0.5) is 11.4 Å². The molecule has 196 valence electrons. The van der Waals surface area contributed by atoms with E-state index in [1.54, 1.807) is 17.5 Å². The minimum Gasteiger partial charge on any atom is -0.397 e. The molecular formula is C32H32N6S. The van der Waals surface area contributed by atoms with Gasteiger partial charge in [-0.2, -0.15) is 11.3 Å². The Balaban J connectivity index is 1.25. The number of nitrogens with one attached hydrogen (secondary N) is 2. The maximum absolute atomic E-state index is 6.40. The number of allylic oxidation sites excluding steroid dienone is 1. The van der Waals surface area contributed by atoms with Crippen LogP contribution in [0.3, 0.4) is 0 Å². The Kier molecular flexibility index (Phi) is 6.99. The lowest BCUT2D eigenvalue weighted by molar-refractivity contribution is 0.357. The monoisotopic (exact) mass is 532 g/mol. The van der Waals surface area contributed by atoms with Crippen molar-refractivity contribution in [3.05, 3.63) is 96.0 Å². The Labute approximate surface area is 232 Å². The molecule has 6 rings (SSSR count). The van der Waals surface area contributed by atoms with Gasteiger partial charge in [0, 0.05) is 45.9 Å². The van der Waals surface area contributed by atoms with Crippen LogP contribution in [0.15, 0.2) is 84.7 Å². The fourth-order valence-electron chi connectivity index (χ4n) is 5.53. The highest BCUT2D eigenvalue weighted by molar-refractivity contribution is 7.08. The zero-order chi connectivity index (χ0) is 26.8. The van der Waals surface area contributed by atoms with Crippen LogP contribution in [0.5, 0.6) is 0 Å². The van der Waals surface area contributed by atoms with Gasteiger partial charge < -0.3 is 16.0 Å². The molecule has 0 radical (unpaired) electrons. The number of H-pyrrole nitrogens is 1. The largest absolute Gasteiger partial charge is 0.397 e. The molecule has 4 N–H and O–H groups in total. The molecule has 5 aromatic heterocycles. The van der Waals surface area contributed by atoms with Crippen LogP contribution < -0.4 is 11.1 Å². The Morgan fingerprint density at radius 3 is 2.72 bits per heavy atom. The van der Waals surface area contributed by atoms with Crippen LogP contribution in [0.1, 0.15) is 49.8 Å². The van der Waals surface area contributed by atoms with Crippen LogP contribution in [0.2, 0.25) is 0 Å². The molecule has 0 atom stereocenters. The Bertz CT molecular complexity index is 1640. The number of nitrogen functional groups attached to an aromatic ring is 1. The summed E-state index contributed by atoms with van der Waals surface area (Å²) in [6.45, 7) is 8.67. The van der Waals surface area contributed by atoms with E-state index in [0.29, 0.717) is 5.69 Å². The van der Waals surface area contributed by atoms with E-state index in [1.165, 1.54) is 37.7 Å². The summed E-state index contributed by atoms with van der Waals surface area (Å²) in [4.78, 5) is 17.1. The number of thiophene rings is 1. The first-order chi connectivity index (χ1) is 19.0. The third-order valence-corrected chi connectivity index (χ3v) is 8.25. The van der Waals surface area contributed by atoms with E-state index in [0.717, 1.165) is 68.4 Å². The minimum atomic E-state index is 0.566. The summed E-state index contributed by atoms with van der Waals surface area (Å²) >= 11 is 1.68. The van der Waals surface area contributed by atoms with Crippen molar-refractivity contribution in [2.24, 2.45) is 5.92 Å². The summed E-state index contributed by atoms with van der Waals surface area (Å²) in [5.41, 5.74) is 16.2. The number of hydrogen-bond acceptors (Lipinski definition) is 6. The summed E-state index contributed by atoms with van der Waals surface area (Å²) in [7, 11) is 0. The summed E-state index contributed by atoms with van der Waals surface area (Å²) in [5.74, 6) is 0.725. The van der Waals surface area contributed by atoms with Gasteiger partial charge in [-0.15, -0.1) is 0 Å². The second-order valence-electron chi connectivity index (χ2n) is 10.4. The molecule has 0 bridgehead atoms. The molecule has 1 aliphatic carbocycles. The van der Waals surface area contributed by atoms with E-state index in [9.17, 15) is 0 Å². The van der Waals surface area contributed by atoms with E-state index in [4.69, 9.17) is 5.73 Å². The van der Waals surface area contributed by atoms with Crippen LogP contribution in [0.25, 0.3) is 39.0 Å². The van der Waals surface area contributed by atoms with Crippen molar-refractivity contribution in [3.63, 3.8) is 0 Å². The molecular weight excluding hydrogens is 500 g/mol. The number of aromatic amines is 1. The van der Waals surface area contributed by atoms with Gasteiger partial charge in [-0.25, -0.2) is 4.98 Å². The lowest BCUT2D eigenvalue weighted by Gasteiger charge is -2.22. The Hall–Kier alpha value is -4.23. The van der Waals surface area contributed by atoms with Gasteiger partial charge in [0.15, 0.2) is 0 Å². The Morgan fingerprint density at radius 1 is 1.03 bits per heavy atom. The second-order valence-corrected chi connectivity index (χ2v) is 11.1. The predicted molar refractivity (Wildman–Crippen MR) is 163 cm³/mol. The van der Waals surface area contributed by atoms with Gasteiger partial charge in [0.25, 0.3) is 0 Å². The molecule has 7 heteroatoms. The summed E-state index contributed by atoms with van der Waals surface area (Å²) in [5, 5.41) is 8.75. The molecule has 0 saturated heterocycles. The van der Waals surface area contributed by atoms with Crippen LogP contribution >= 0.6 is 11.3 Å². The molecule has 1 saturated carbocycles. The normalized spacial score (nSPS) is 13.9. The van der Waals surface area contributed by atoms with Gasteiger partial charge in [-0.3, -0.25) is 9.97 Å². The number of hydrogen-bond donors (Lipinski definition) is 3. The SMILES string of the molecule is C=C(CC1CCCCC1)Nc1cncc(-c2cc(C(=C)c3cc4c(-c5ccsc5)ccnc4[nH]3)c(N)cn2)c1. The number of fused-ring (bicyclic) bond motifs is 1. The second kappa shape index (κ2) is 10.9. The smallest absolute Gasteiger partial charge is 0.138 e. The lowest BCUT2D eigenvalue weighted by Crippen LogP contribution is -2.10. The fourth-order valence-corrected chi connectivity index (χ4v) is 6.19. The number of anilines is 2. The molecule has 1 aliphatic rings. The quantitative estimate of drug-likeness (QED) is 0.187. The van der Waals surface area contributed by atoms with Gasteiger partial charge in [0.2, 0.25) is 0 Å². The summed E-state index contributed by atoms with van der Waals surface area (Å²) in [6.07, 6.45) is 14.8. The van der Waals surface area contributed by atoms with E-state index in [1.807, 2.05) is 30.7 Å². The van der Waals surface area contributed by atoms with Gasteiger partial charge >= 0.3 is 0 Å². The first-order valence-electron chi connectivity index (χ1n) is 13.4. The van der Waals surface area contributed by atoms with Gasteiger partial charge in [0.05, 0.1) is 29.5 Å². The number of nitrogens with zero attached hydrogens (tertiary/aromatic N) is 3. The van der Waals surface area contributed by atoms with Crippen molar-refractivity contribution >= 4 is 39.3 Å². The molecule has 5 heterocycles. The third-order valence-electron chi connectivity index (χ3n) is 7.56. The van der Waals surface area contributed by atoms with Gasteiger partial charge in [-0.1, -0.05) is 45.3 Å². The van der Waals surface area contributed by atoms with Crippen molar-refractivity contribution in [1.82, 2.24) is 19.9 Å². The van der Waals surface area contributed by atoms with Crippen molar-refractivity contribution < 1.29 is 0 Å². The van der Waals surface area contributed by atoms with Crippen LogP contribution in [0, 0.1) is 5.92 Å². The highest BCUT2D eigenvalue weighted by Crippen LogP contribution is 2.35. The van der Waals surface area contributed by atoms with Crippen LogP contribution in [-0.4, -0.2) is 19.9 Å². The third kappa shape index (κ3) is 5.36. The van der Waals surface area contributed by atoms with E-state index in [-0.39, 0.29) is 0 Å². The molecule has 0 spiro atoms. The van der Waals surface area contributed by atoms with Crippen molar-refractivity contribution in [2.45, 2.75) is 38.5 Å². The van der Waals surface area contributed by atoms with Gasteiger partial charge in [0.1, 0.15) is 5.65 Å². The van der Waals surface area contributed by atoms with Crippen molar-refractivity contribution in [3.8, 4) is 22.4 Å². The zero-order valence-electron chi connectivity index (χ0n) is 21.9. The Morgan fingerprint density at radius 2 is 1.90 bits per heavy atom. The molecule has 0 amide bonds. The average Bonchev–Trinajstić information content (AvgIpc) is 3.64. The van der Waals surface area contributed by atoms with Crippen molar-refractivity contribution in [2.75, 3.05) is 11.1 Å². The fraction of sp³-hybridized carbons (Fsp3) is 0.219. The summed E-state index contributed by atoms with van der Waals surface area (Å²) in [6, 6.07) is 10.3. The predicted octanol–water partition coefficient (Wildman–Crippen LogP) is 8.29. The van der Waals surface area contributed by atoms with E-state index < -0.39 is 0 Å². The highest BCUT2D eigenvalue weighted by atomic mass is 32.1. The van der Waals surface area contributed by atoms with E-state index in [2.05, 4.69) is 67.4 Å². The van der Waals surface area contributed by atoms with Crippen LogP contribution in [-0.2, 0) is 0 Å². The molecule has 6 nitrogen and oxygen atoms in total. The first kappa shape index (κ1) is 25.1. The lowest BCUT2D eigenvalue weighted by atomic mass is 9.86. The minimum absolute atomic E-state index is 0.566. The number of rotatable bonds is 8. The summed E-state index contributed by atoms with van der Waals surface area (Å²) < 4.78 is 0. The van der Waals surface area contributed by atoms with E-state index >= 15 is 0 Å². The molecule has 0 aliphatic heterocycles. The topological polar surface area (TPSA) is 92.5 Å². The number of aromatic nitrogens is 4. The maximum atomic E-state index is 6.40. The molecule has 0 unspecified atom stereocenters. The molecule has 1 fully saturated rings. The standard InChI is InChI=1S/C32H32N6S/c1-20(12-22-6-4-3-5-7-22)37-25-13-24(16-34-17-25)31-14-27(29(33)18-36-31)21(2)30-15-28-26(23-9-11-39-19-23)8-10-35-32(28)38-30/h8-11,13-19,22,37H,1-7,12,33H2,(H,35,38). The molecule has 5 aromatic rings. The molecule has 39 heavy (non-hydrogen) atoms. The number of nitrogens with two attached hydrogens (primary N) is 1. The highest BCUT2D eigenvalue weighted by Gasteiger charge is 2.16. The number of pyridine rings is 3. The maximum Gasteiger partial charge on any atom is 0.138 e. The molecule has 0 aromatic carbocycles. The average molecular weight is 533 g/mol. The van der Waals surface area contributed by atoms with Crippen molar-refractivity contribution in [1.29, 1.82) is 0 Å². The first-order valence-corrected chi connectivity index (χ1v) is 14.3.